The molecule has 0 aromatic heterocycles. The predicted octanol–water partition coefficient (Wildman–Crippen LogP) is 0.902. The van der Waals surface area contributed by atoms with E-state index in [-0.39, 0.29) is 11.2 Å². The molecule has 0 aromatic rings. The molecule has 0 bridgehead atoms. The average molecular weight is 209 g/mol. The van der Waals surface area contributed by atoms with Crippen molar-refractivity contribution in [1.29, 1.82) is 0 Å². The molecule has 0 saturated carbocycles. The van der Waals surface area contributed by atoms with Crippen LogP contribution in [0.1, 0.15) is 13.3 Å². The third-order valence-corrected chi connectivity index (χ3v) is 1.20. The number of esters is 1. The summed E-state index contributed by atoms with van der Waals surface area (Å²) in [4.78, 5) is 21.2. The lowest BCUT2D eigenvalue weighted by atomic mass is 10.2. The van der Waals surface area contributed by atoms with Gasteiger partial charge in [0.1, 0.15) is 0 Å². The van der Waals surface area contributed by atoms with Gasteiger partial charge in [-0.25, -0.2) is 4.79 Å². The van der Waals surface area contributed by atoms with Crippen LogP contribution in [0.3, 0.4) is 0 Å². The number of carbonyl (C=O) groups excluding carboxylic acids is 2. The zero-order chi connectivity index (χ0) is 8.15. The van der Waals surface area contributed by atoms with Crippen LogP contribution < -0.4 is 0 Å². The number of methoxy groups -OCH3 is 1. The van der Waals surface area contributed by atoms with E-state index in [0.29, 0.717) is 0 Å². The number of rotatable bonds is 3. The molecule has 3 nitrogen and oxygen atoms in total. The zero-order valence-corrected chi connectivity index (χ0v) is 7.47. The maximum Gasteiger partial charge on any atom is 0.374 e. The van der Waals surface area contributed by atoms with Gasteiger partial charge in [-0.05, 0) is 0 Å². The number of halogens is 1. The van der Waals surface area contributed by atoms with Gasteiger partial charge in [-0.2, -0.15) is 0 Å². The number of carbonyl (C=O) groups is 2. The highest BCUT2D eigenvalue weighted by atomic mass is 79.9. The fourth-order valence-electron chi connectivity index (χ4n) is 0.453. The first-order chi connectivity index (χ1) is 4.57. The lowest BCUT2D eigenvalue weighted by Gasteiger charge is -1.98. The second-order valence-electron chi connectivity index (χ2n) is 1.90. The molecule has 0 amide bonds. The predicted molar refractivity (Wildman–Crippen MR) is 40.0 cm³/mol. The van der Waals surface area contributed by atoms with E-state index in [1.165, 1.54) is 7.11 Å². The van der Waals surface area contributed by atoms with E-state index in [0.717, 1.165) is 0 Å². The zero-order valence-electron chi connectivity index (χ0n) is 5.89. The van der Waals surface area contributed by atoms with Crippen molar-refractivity contribution < 1.29 is 14.3 Å². The first-order valence-corrected chi connectivity index (χ1v) is 3.74. The number of Topliss-reactive ketones (excluding diaryl/α,β-unsaturated/α-hetero) is 1. The summed E-state index contributed by atoms with van der Waals surface area (Å²) in [5.41, 5.74) is 0. The summed E-state index contributed by atoms with van der Waals surface area (Å²) in [5.74, 6) is -1.27. The summed E-state index contributed by atoms with van der Waals surface area (Å²) >= 11 is 3.14. The first-order valence-electron chi connectivity index (χ1n) is 2.83. The number of ketones is 1. The fraction of sp³-hybridized carbons (Fsp3) is 0.667. The molecular weight excluding hydrogens is 200 g/mol. The quantitative estimate of drug-likeness (QED) is 0.394. The topological polar surface area (TPSA) is 43.4 Å². The minimum absolute atomic E-state index is 0.0269. The summed E-state index contributed by atoms with van der Waals surface area (Å²) in [6.07, 6.45) is 0.187. The van der Waals surface area contributed by atoms with Crippen molar-refractivity contribution >= 4 is 27.7 Å². The average Bonchev–Trinajstić information content (AvgIpc) is 1.85. The molecule has 0 fully saturated rings. The van der Waals surface area contributed by atoms with Crippen molar-refractivity contribution in [3.8, 4) is 0 Å². The van der Waals surface area contributed by atoms with Crippen LogP contribution in [0, 0.1) is 0 Å². The van der Waals surface area contributed by atoms with Crippen molar-refractivity contribution in [2.24, 2.45) is 0 Å². The molecule has 0 aromatic carbocycles. The molecule has 0 aliphatic rings. The Morgan fingerprint density at radius 1 is 1.60 bits per heavy atom. The van der Waals surface area contributed by atoms with Gasteiger partial charge in [0.15, 0.2) is 0 Å². The number of ether oxygens (including phenoxy) is 1. The Morgan fingerprint density at radius 2 is 2.10 bits per heavy atom. The number of alkyl halides is 1. The highest BCUT2D eigenvalue weighted by Gasteiger charge is 2.15. The van der Waals surface area contributed by atoms with Crippen LogP contribution in [0.15, 0.2) is 0 Å². The van der Waals surface area contributed by atoms with E-state index < -0.39 is 11.8 Å². The van der Waals surface area contributed by atoms with Crippen LogP contribution in [0.4, 0.5) is 0 Å². The Kier molecular flexibility index (Phi) is 4.27. The van der Waals surface area contributed by atoms with Gasteiger partial charge in [-0.1, -0.05) is 22.9 Å². The van der Waals surface area contributed by atoms with Gasteiger partial charge in [0.2, 0.25) is 5.78 Å². The van der Waals surface area contributed by atoms with Gasteiger partial charge in [0, 0.05) is 11.2 Å². The SMILES string of the molecule is COC(=O)C(=O)C[C@H](C)Br. The normalized spacial score (nSPS) is 12.3. The monoisotopic (exact) mass is 208 g/mol. The van der Waals surface area contributed by atoms with Crippen LogP contribution in [0.5, 0.6) is 0 Å². The molecule has 0 radical (unpaired) electrons. The summed E-state index contributed by atoms with van der Waals surface area (Å²) in [7, 11) is 1.19. The van der Waals surface area contributed by atoms with Crippen LogP contribution in [0.25, 0.3) is 0 Å². The molecule has 1 atom stereocenters. The van der Waals surface area contributed by atoms with Gasteiger partial charge in [0.05, 0.1) is 7.11 Å². The highest BCUT2D eigenvalue weighted by molar-refractivity contribution is 9.09. The van der Waals surface area contributed by atoms with E-state index in [2.05, 4.69) is 20.7 Å². The van der Waals surface area contributed by atoms with E-state index in [4.69, 9.17) is 0 Å². The van der Waals surface area contributed by atoms with Crippen molar-refractivity contribution in [2.45, 2.75) is 18.2 Å². The Morgan fingerprint density at radius 3 is 2.40 bits per heavy atom. The molecule has 0 spiro atoms. The van der Waals surface area contributed by atoms with Crippen molar-refractivity contribution in [1.82, 2.24) is 0 Å². The summed E-state index contributed by atoms with van der Waals surface area (Å²) in [6, 6.07) is 0. The van der Waals surface area contributed by atoms with Crippen molar-refractivity contribution in [3.63, 3.8) is 0 Å². The minimum atomic E-state index is -0.772. The maximum atomic E-state index is 10.7. The molecule has 0 aliphatic heterocycles. The van der Waals surface area contributed by atoms with Crippen LogP contribution in [0.2, 0.25) is 0 Å². The molecule has 10 heavy (non-hydrogen) atoms. The first kappa shape index (κ1) is 9.62. The number of hydrogen-bond donors (Lipinski definition) is 0. The standard InChI is InChI=1S/C6H9BrO3/c1-4(7)3-5(8)6(9)10-2/h4H,3H2,1-2H3/t4-/m0/s1. The lowest BCUT2D eigenvalue weighted by Crippen LogP contribution is -2.17. The van der Waals surface area contributed by atoms with Gasteiger partial charge >= 0.3 is 5.97 Å². The molecule has 0 saturated heterocycles. The summed E-state index contributed by atoms with van der Waals surface area (Å²) in [5, 5.41) is 0. The van der Waals surface area contributed by atoms with E-state index in [1.807, 2.05) is 0 Å². The third-order valence-electron chi connectivity index (χ3n) is 0.880. The second kappa shape index (κ2) is 4.44. The molecule has 0 rings (SSSR count). The van der Waals surface area contributed by atoms with Gasteiger partial charge in [0.25, 0.3) is 0 Å². The largest absolute Gasteiger partial charge is 0.463 e. The minimum Gasteiger partial charge on any atom is -0.463 e. The van der Waals surface area contributed by atoms with Gasteiger partial charge in [-0.3, -0.25) is 4.79 Å². The summed E-state index contributed by atoms with van der Waals surface area (Å²) < 4.78 is 4.20. The number of hydrogen-bond acceptors (Lipinski definition) is 3. The molecule has 0 unspecified atom stereocenters. The van der Waals surface area contributed by atoms with Gasteiger partial charge < -0.3 is 4.74 Å². The Bertz CT molecular complexity index is 142. The smallest absolute Gasteiger partial charge is 0.374 e. The van der Waals surface area contributed by atoms with E-state index >= 15 is 0 Å². The molecule has 58 valence electrons. The molecule has 0 heterocycles. The molecular formula is C6H9BrO3. The van der Waals surface area contributed by atoms with Crippen LogP contribution in [-0.2, 0) is 14.3 Å². The van der Waals surface area contributed by atoms with E-state index in [1.54, 1.807) is 6.92 Å². The maximum absolute atomic E-state index is 10.7. The Labute approximate surface area is 67.9 Å². The lowest BCUT2D eigenvalue weighted by molar-refractivity contribution is -0.151. The third kappa shape index (κ3) is 3.61. The summed E-state index contributed by atoms with van der Waals surface area (Å²) in [6.45, 7) is 1.79. The van der Waals surface area contributed by atoms with Crippen LogP contribution >= 0.6 is 15.9 Å². The van der Waals surface area contributed by atoms with Crippen molar-refractivity contribution in [3.05, 3.63) is 0 Å². The van der Waals surface area contributed by atoms with Gasteiger partial charge in [-0.15, -0.1) is 0 Å². The molecule has 4 heteroatoms. The highest BCUT2D eigenvalue weighted by Crippen LogP contribution is 2.03. The Hall–Kier alpha value is -0.380. The van der Waals surface area contributed by atoms with Crippen molar-refractivity contribution in [2.75, 3.05) is 7.11 Å². The fourth-order valence-corrected chi connectivity index (χ4v) is 0.747. The molecule has 0 aliphatic carbocycles. The molecule has 0 N–H and O–H groups in total. The van der Waals surface area contributed by atoms with E-state index in [9.17, 15) is 9.59 Å². The Balaban J connectivity index is 3.74. The van der Waals surface area contributed by atoms with Crippen LogP contribution in [-0.4, -0.2) is 23.7 Å². The second-order valence-corrected chi connectivity index (χ2v) is 3.46.